The molecule has 0 fully saturated rings. The summed E-state index contributed by atoms with van der Waals surface area (Å²) in [5.41, 5.74) is 5.31. The molecule has 0 heterocycles. The van der Waals surface area contributed by atoms with Crippen LogP contribution in [-0.4, -0.2) is 22.2 Å². The average Bonchev–Trinajstić information content (AvgIpc) is 2.42. The van der Waals surface area contributed by atoms with Crippen LogP contribution in [0.15, 0.2) is 46.2 Å². The second-order valence-corrected chi connectivity index (χ2v) is 5.16. The number of carbonyl (C=O) groups is 2. The van der Waals surface area contributed by atoms with E-state index in [9.17, 15) is 14.0 Å². The van der Waals surface area contributed by atoms with E-state index >= 15 is 0 Å². The standard InChI is InChI=1S/C14H10FNO4S/c15-9-6-12(10(16)5-8(9)14(19)20)21-11-4-2-1-3-7(11)13(17)18/h1-6H,16H2,(H,17,18)(H,19,20). The molecular weight excluding hydrogens is 297 g/mol. The lowest BCUT2D eigenvalue weighted by atomic mass is 10.2. The summed E-state index contributed by atoms with van der Waals surface area (Å²) in [5.74, 6) is -3.45. The fraction of sp³-hybridized carbons (Fsp3) is 0. The van der Waals surface area contributed by atoms with Crippen LogP contribution in [0.5, 0.6) is 0 Å². The molecule has 0 saturated heterocycles. The number of aromatic carboxylic acids is 2. The van der Waals surface area contributed by atoms with Crippen molar-refractivity contribution < 1.29 is 24.2 Å². The Labute approximate surface area is 123 Å². The van der Waals surface area contributed by atoms with Crippen LogP contribution in [-0.2, 0) is 0 Å². The molecule has 0 radical (unpaired) electrons. The third-order valence-electron chi connectivity index (χ3n) is 2.67. The summed E-state index contributed by atoms with van der Waals surface area (Å²) in [7, 11) is 0. The number of rotatable bonds is 4. The van der Waals surface area contributed by atoms with E-state index in [0.717, 1.165) is 23.9 Å². The molecule has 108 valence electrons. The Balaban J connectivity index is 2.44. The number of nitrogens with two attached hydrogens (primary N) is 1. The maximum absolute atomic E-state index is 13.7. The first-order chi connectivity index (χ1) is 9.90. The van der Waals surface area contributed by atoms with Crippen LogP contribution in [0.3, 0.4) is 0 Å². The van der Waals surface area contributed by atoms with E-state index in [1.807, 2.05) is 0 Å². The quantitative estimate of drug-likeness (QED) is 0.751. The van der Waals surface area contributed by atoms with Gasteiger partial charge in [0.1, 0.15) is 5.82 Å². The molecule has 0 aliphatic carbocycles. The number of hydrogen-bond acceptors (Lipinski definition) is 4. The van der Waals surface area contributed by atoms with E-state index < -0.39 is 23.3 Å². The second-order valence-electron chi connectivity index (χ2n) is 4.08. The summed E-state index contributed by atoms with van der Waals surface area (Å²) in [5, 5.41) is 17.9. The molecule has 2 aromatic rings. The molecule has 7 heteroatoms. The molecule has 2 aromatic carbocycles. The molecular formula is C14H10FNO4S. The van der Waals surface area contributed by atoms with Crippen molar-refractivity contribution in [1.29, 1.82) is 0 Å². The smallest absolute Gasteiger partial charge is 0.338 e. The molecule has 0 bridgehead atoms. The predicted molar refractivity (Wildman–Crippen MR) is 75.3 cm³/mol. The summed E-state index contributed by atoms with van der Waals surface area (Å²) >= 11 is 0.965. The minimum absolute atomic E-state index is 0.0598. The Kier molecular flexibility index (Phi) is 4.13. The van der Waals surface area contributed by atoms with Crippen molar-refractivity contribution in [2.45, 2.75) is 9.79 Å². The van der Waals surface area contributed by atoms with Crippen LogP contribution in [0.4, 0.5) is 10.1 Å². The van der Waals surface area contributed by atoms with Gasteiger partial charge in [-0.15, -0.1) is 0 Å². The number of carboxylic acids is 2. The maximum Gasteiger partial charge on any atom is 0.338 e. The van der Waals surface area contributed by atoms with Gasteiger partial charge in [0.15, 0.2) is 0 Å². The fourth-order valence-electron chi connectivity index (χ4n) is 1.67. The van der Waals surface area contributed by atoms with E-state index in [1.54, 1.807) is 18.2 Å². The highest BCUT2D eigenvalue weighted by Gasteiger charge is 2.16. The van der Waals surface area contributed by atoms with Gasteiger partial charge in [0.25, 0.3) is 0 Å². The van der Waals surface area contributed by atoms with Gasteiger partial charge in [-0.2, -0.15) is 0 Å². The summed E-state index contributed by atoms with van der Waals surface area (Å²) in [6, 6.07) is 8.21. The van der Waals surface area contributed by atoms with Crippen molar-refractivity contribution in [3.8, 4) is 0 Å². The zero-order chi connectivity index (χ0) is 15.6. The number of hydrogen-bond donors (Lipinski definition) is 3. The predicted octanol–water partition coefficient (Wildman–Crippen LogP) is 2.96. The summed E-state index contributed by atoms with van der Waals surface area (Å²) in [6.07, 6.45) is 0. The molecule has 0 spiro atoms. The number of anilines is 1. The van der Waals surface area contributed by atoms with Crippen molar-refractivity contribution in [3.63, 3.8) is 0 Å². The zero-order valence-electron chi connectivity index (χ0n) is 10.5. The van der Waals surface area contributed by atoms with Gasteiger partial charge in [0, 0.05) is 15.5 Å². The first kappa shape index (κ1) is 14.9. The Morgan fingerprint density at radius 3 is 2.24 bits per heavy atom. The largest absolute Gasteiger partial charge is 0.478 e. The summed E-state index contributed by atoms with van der Waals surface area (Å²) < 4.78 is 13.7. The molecule has 0 aliphatic rings. The van der Waals surface area contributed by atoms with Crippen LogP contribution < -0.4 is 5.73 Å². The highest BCUT2D eigenvalue weighted by Crippen LogP contribution is 2.35. The second kappa shape index (κ2) is 5.84. The highest BCUT2D eigenvalue weighted by molar-refractivity contribution is 7.99. The van der Waals surface area contributed by atoms with E-state index in [1.165, 1.54) is 6.07 Å². The van der Waals surface area contributed by atoms with E-state index in [-0.39, 0.29) is 16.1 Å². The van der Waals surface area contributed by atoms with Gasteiger partial charge in [0.05, 0.1) is 11.1 Å². The number of nitrogen functional groups attached to an aromatic ring is 1. The van der Waals surface area contributed by atoms with E-state index in [4.69, 9.17) is 15.9 Å². The molecule has 5 nitrogen and oxygen atoms in total. The normalized spacial score (nSPS) is 10.3. The lowest BCUT2D eigenvalue weighted by Gasteiger charge is -2.09. The third-order valence-corrected chi connectivity index (χ3v) is 3.82. The van der Waals surface area contributed by atoms with Gasteiger partial charge in [-0.05, 0) is 24.3 Å². The zero-order valence-corrected chi connectivity index (χ0v) is 11.4. The van der Waals surface area contributed by atoms with Crippen molar-refractivity contribution in [1.82, 2.24) is 0 Å². The first-order valence-electron chi connectivity index (χ1n) is 5.72. The maximum atomic E-state index is 13.7. The minimum atomic E-state index is -1.42. The van der Waals surface area contributed by atoms with Gasteiger partial charge in [0.2, 0.25) is 0 Å². The Hall–Kier alpha value is -2.54. The molecule has 4 N–H and O–H groups in total. The summed E-state index contributed by atoms with van der Waals surface area (Å²) in [4.78, 5) is 22.6. The molecule has 21 heavy (non-hydrogen) atoms. The lowest BCUT2D eigenvalue weighted by molar-refractivity contribution is 0.0681. The Morgan fingerprint density at radius 1 is 1.00 bits per heavy atom. The van der Waals surface area contributed by atoms with Crippen LogP contribution in [0.2, 0.25) is 0 Å². The molecule has 0 saturated carbocycles. The lowest BCUT2D eigenvalue weighted by Crippen LogP contribution is -2.03. The first-order valence-corrected chi connectivity index (χ1v) is 6.54. The SMILES string of the molecule is Nc1cc(C(=O)O)c(F)cc1Sc1ccccc1C(=O)O. The van der Waals surface area contributed by atoms with Crippen LogP contribution in [0.25, 0.3) is 0 Å². The monoisotopic (exact) mass is 307 g/mol. The molecule has 0 unspecified atom stereocenters. The van der Waals surface area contributed by atoms with Crippen molar-refractivity contribution in [2.24, 2.45) is 0 Å². The van der Waals surface area contributed by atoms with Gasteiger partial charge in [-0.25, -0.2) is 14.0 Å². The van der Waals surface area contributed by atoms with Gasteiger partial charge >= 0.3 is 11.9 Å². The minimum Gasteiger partial charge on any atom is -0.478 e. The Bertz CT molecular complexity index is 733. The Morgan fingerprint density at radius 2 is 1.62 bits per heavy atom. The average molecular weight is 307 g/mol. The molecule has 0 amide bonds. The molecule has 2 rings (SSSR count). The van der Waals surface area contributed by atoms with Gasteiger partial charge in [-0.1, -0.05) is 23.9 Å². The van der Waals surface area contributed by atoms with Crippen LogP contribution in [0.1, 0.15) is 20.7 Å². The van der Waals surface area contributed by atoms with Gasteiger partial charge < -0.3 is 15.9 Å². The molecule has 0 atom stereocenters. The fourth-order valence-corrected chi connectivity index (χ4v) is 2.66. The third kappa shape index (κ3) is 3.14. The van der Waals surface area contributed by atoms with E-state index in [0.29, 0.717) is 4.90 Å². The topological polar surface area (TPSA) is 101 Å². The number of benzene rings is 2. The van der Waals surface area contributed by atoms with E-state index in [2.05, 4.69) is 0 Å². The summed E-state index contributed by atoms with van der Waals surface area (Å²) in [6.45, 7) is 0. The van der Waals surface area contributed by atoms with Crippen LogP contribution >= 0.6 is 11.8 Å². The van der Waals surface area contributed by atoms with Gasteiger partial charge in [-0.3, -0.25) is 0 Å². The number of halogens is 1. The molecule has 0 aromatic heterocycles. The molecule has 0 aliphatic heterocycles. The number of carboxylic acid groups (broad SMARTS) is 2. The van der Waals surface area contributed by atoms with Crippen LogP contribution in [0, 0.1) is 5.82 Å². The van der Waals surface area contributed by atoms with Crippen molar-refractivity contribution in [2.75, 3.05) is 5.73 Å². The van der Waals surface area contributed by atoms with Crippen molar-refractivity contribution in [3.05, 3.63) is 53.3 Å². The van der Waals surface area contributed by atoms with Crippen molar-refractivity contribution >= 4 is 29.4 Å². The highest BCUT2D eigenvalue weighted by atomic mass is 32.2.